The lowest BCUT2D eigenvalue weighted by Gasteiger charge is -2.28. The molecule has 2 nitrogen and oxygen atoms in total. The van der Waals surface area contributed by atoms with Gasteiger partial charge in [0.1, 0.15) is 11.2 Å². The van der Waals surface area contributed by atoms with Gasteiger partial charge in [-0.25, -0.2) is 0 Å². The van der Waals surface area contributed by atoms with Crippen molar-refractivity contribution >= 4 is 81.3 Å². The first-order chi connectivity index (χ1) is 27.7. The Balaban J connectivity index is 1.35. The number of hydrogen-bond acceptors (Lipinski definition) is 3. The van der Waals surface area contributed by atoms with Crippen LogP contribution in [-0.4, -0.2) is 0 Å². The van der Waals surface area contributed by atoms with E-state index in [9.17, 15) is 8.22 Å². The number of benzene rings is 8. The molecule has 0 unspecified atom stereocenters. The first-order valence-corrected chi connectivity index (χ1v) is 16.8. The maximum absolute atomic E-state index is 9.76. The van der Waals surface area contributed by atoms with Crippen LogP contribution >= 0.6 is 11.3 Å². The molecule has 10 aromatic rings. The van der Waals surface area contributed by atoms with E-state index in [1.54, 1.807) is 36.4 Å². The Hall–Kier alpha value is -6.16. The zero-order valence-corrected chi connectivity index (χ0v) is 26.7. The van der Waals surface area contributed by atoms with Crippen LogP contribution in [-0.2, 0) is 0 Å². The Labute approximate surface area is 299 Å². The minimum Gasteiger partial charge on any atom is -0.455 e. The van der Waals surface area contributed by atoms with E-state index in [2.05, 4.69) is 0 Å². The highest BCUT2D eigenvalue weighted by atomic mass is 32.1. The molecule has 2 aromatic heterocycles. The normalized spacial score (nSPS) is 14.0. The monoisotopic (exact) mass is 651 g/mol. The number of nitrogens with zero attached hydrogens (tertiary/aromatic N) is 1. The van der Waals surface area contributed by atoms with Crippen molar-refractivity contribution in [3.63, 3.8) is 0 Å². The summed E-state index contributed by atoms with van der Waals surface area (Å²) in [5.41, 5.74) is 2.62. The summed E-state index contributed by atoms with van der Waals surface area (Å²) in [6, 6.07) is 36.7. The zero-order valence-electron chi connectivity index (χ0n) is 33.9. The van der Waals surface area contributed by atoms with E-state index in [1.165, 1.54) is 16.2 Å². The van der Waals surface area contributed by atoms with E-state index < -0.39 is 18.1 Å². The predicted molar refractivity (Wildman–Crippen MR) is 210 cm³/mol. The quantitative estimate of drug-likeness (QED) is 0.184. The first-order valence-electron chi connectivity index (χ1n) is 20.0. The summed E-state index contributed by atoms with van der Waals surface area (Å²) in [4.78, 5) is 1.48. The molecule has 0 saturated heterocycles. The van der Waals surface area contributed by atoms with Crippen LogP contribution in [0.5, 0.6) is 0 Å². The standard InChI is InChI=1S/C46H29NOS/c1-2-12-30(13-3-1)34-15-6-8-20-40(34)47(41-21-11-22-42-44(41)39-29-26-31-14-4-5-16-35(31)45(39)48-42)33-27-24-32(25-28-33)36-18-10-19-38-37-17-7-9-23-43(37)49-46(36)38/h1-29H/i6D,8D,15D,20D,24D,25D,27D,28D. The number of fused-ring (bicyclic) bond motifs is 8. The van der Waals surface area contributed by atoms with E-state index in [-0.39, 0.29) is 52.7 Å². The maximum Gasteiger partial charge on any atom is 0.143 e. The fourth-order valence-electron chi connectivity index (χ4n) is 6.86. The molecule has 3 heteroatoms. The molecule has 0 bridgehead atoms. The van der Waals surface area contributed by atoms with Crippen LogP contribution in [0.1, 0.15) is 11.0 Å². The largest absolute Gasteiger partial charge is 0.455 e. The second kappa shape index (κ2) is 11.2. The van der Waals surface area contributed by atoms with Crippen molar-refractivity contribution in [1.29, 1.82) is 0 Å². The Kier molecular flexibility index (Phi) is 4.80. The van der Waals surface area contributed by atoms with Crippen LogP contribution < -0.4 is 4.90 Å². The van der Waals surface area contributed by atoms with Crippen molar-refractivity contribution in [3.8, 4) is 22.3 Å². The number of para-hydroxylation sites is 1. The van der Waals surface area contributed by atoms with Crippen LogP contribution in [0.4, 0.5) is 17.1 Å². The summed E-state index contributed by atoms with van der Waals surface area (Å²) < 4.78 is 83.5. The van der Waals surface area contributed by atoms with Crippen molar-refractivity contribution in [3.05, 3.63) is 176 Å². The molecule has 0 amide bonds. The summed E-state index contributed by atoms with van der Waals surface area (Å²) in [5.74, 6) is 0. The highest BCUT2D eigenvalue weighted by Gasteiger charge is 2.22. The van der Waals surface area contributed by atoms with Crippen LogP contribution in [0.3, 0.4) is 0 Å². The minimum absolute atomic E-state index is 0.0185. The Morgan fingerprint density at radius 3 is 2.16 bits per heavy atom. The number of anilines is 3. The van der Waals surface area contributed by atoms with Gasteiger partial charge in [0.15, 0.2) is 0 Å². The summed E-state index contributed by atoms with van der Waals surface area (Å²) in [5, 5.41) is 5.14. The molecule has 230 valence electrons. The van der Waals surface area contributed by atoms with Gasteiger partial charge in [-0.2, -0.15) is 0 Å². The molecule has 0 fully saturated rings. The van der Waals surface area contributed by atoms with Gasteiger partial charge in [-0.15, -0.1) is 11.3 Å². The van der Waals surface area contributed by atoms with Crippen LogP contribution in [0, 0.1) is 0 Å². The molecule has 0 aliphatic carbocycles. The second-order valence-electron chi connectivity index (χ2n) is 11.8. The third-order valence-corrected chi connectivity index (χ3v) is 10.3. The fourth-order valence-corrected chi connectivity index (χ4v) is 8.08. The van der Waals surface area contributed by atoms with Crippen LogP contribution in [0.25, 0.3) is 75.1 Å². The van der Waals surface area contributed by atoms with Gasteiger partial charge in [0.25, 0.3) is 0 Å². The molecule has 2 heterocycles. The lowest BCUT2D eigenvalue weighted by Crippen LogP contribution is -2.11. The summed E-state index contributed by atoms with van der Waals surface area (Å²) in [6.07, 6.45) is 0. The summed E-state index contributed by atoms with van der Waals surface area (Å²) in [6.45, 7) is 0. The SMILES string of the molecule is [2H]c1c([2H])c([2H])c(N(c2c([2H])c([2H])c(-c3cccc4c3sc3ccccc34)c([2H])c2[2H])c2cccc3oc4c5ccccc5ccc4c23)c(-c2ccccc2)c1[2H]. The van der Waals surface area contributed by atoms with Gasteiger partial charge in [0.05, 0.1) is 27.7 Å². The Morgan fingerprint density at radius 1 is 0.510 bits per heavy atom. The van der Waals surface area contributed by atoms with E-state index in [1.807, 2.05) is 91.0 Å². The lowest BCUT2D eigenvalue weighted by molar-refractivity contribution is 0.672. The van der Waals surface area contributed by atoms with E-state index in [0.717, 1.165) is 36.3 Å². The van der Waals surface area contributed by atoms with Gasteiger partial charge >= 0.3 is 0 Å². The molecule has 8 aromatic carbocycles. The van der Waals surface area contributed by atoms with E-state index >= 15 is 0 Å². The van der Waals surface area contributed by atoms with Crippen molar-refractivity contribution in [1.82, 2.24) is 0 Å². The second-order valence-corrected chi connectivity index (χ2v) is 12.9. The molecular formula is C46H29NOS. The van der Waals surface area contributed by atoms with E-state index in [0.29, 0.717) is 33.4 Å². The Bertz CT molecular complexity index is 3270. The third kappa shape index (κ3) is 4.47. The molecule has 49 heavy (non-hydrogen) atoms. The maximum atomic E-state index is 9.76. The number of hydrogen-bond donors (Lipinski definition) is 0. The van der Waals surface area contributed by atoms with Crippen molar-refractivity contribution in [2.45, 2.75) is 0 Å². The molecule has 0 atom stereocenters. The van der Waals surface area contributed by atoms with Crippen molar-refractivity contribution in [2.24, 2.45) is 0 Å². The number of furan rings is 1. The number of thiophene rings is 1. The zero-order chi connectivity index (χ0) is 39.3. The molecule has 0 aliphatic rings. The van der Waals surface area contributed by atoms with Crippen LogP contribution in [0.15, 0.2) is 180 Å². The van der Waals surface area contributed by atoms with Crippen molar-refractivity contribution < 1.29 is 15.4 Å². The highest BCUT2D eigenvalue weighted by Crippen LogP contribution is 2.47. The van der Waals surface area contributed by atoms with Crippen molar-refractivity contribution in [2.75, 3.05) is 4.90 Å². The lowest BCUT2D eigenvalue weighted by atomic mass is 9.99. The molecule has 0 spiro atoms. The summed E-state index contributed by atoms with van der Waals surface area (Å²) >= 11 is 1.53. The molecule has 10 rings (SSSR count). The number of rotatable bonds is 5. The molecule has 0 aliphatic heterocycles. The van der Waals surface area contributed by atoms with Gasteiger partial charge in [0.2, 0.25) is 0 Å². The summed E-state index contributed by atoms with van der Waals surface area (Å²) in [7, 11) is 0. The topological polar surface area (TPSA) is 16.4 Å². The van der Waals surface area contributed by atoms with Gasteiger partial charge < -0.3 is 9.32 Å². The van der Waals surface area contributed by atoms with E-state index in [4.69, 9.17) is 7.16 Å². The molecule has 0 radical (unpaired) electrons. The van der Waals surface area contributed by atoms with Gasteiger partial charge in [-0.3, -0.25) is 0 Å². The fraction of sp³-hybridized carbons (Fsp3) is 0. The van der Waals surface area contributed by atoms with Gasteiger partial charge in [-0.1, -0.05) is 133 Å². The Morgan fingerprint density at radius 2 is 1.27 bits per heavy atom. The average molecular weight is 652 g/mol. The molecule has 0 saturated carbocycles. The highest BCUT2D eigenvalue weighted by molar-refractivity contribution is 7.26. The minimum atomic E-state index is -0.502. The first kappa shape index (κ1) is 20.9. The molecule has 0 N–H and O–H groups in total. The van der Waals surface area contributed by atoms with Gasteiger partial charge in [0, 0.05) is 42.2 Å². The smallest absolute Gasteiger partial charge is 0.143 e. The average Bonchev–Trinajstić information content (AvgIpc) is 3.82. The van der Waals surface area contributed by atoms with Crippen LogP contribution in [0.2, 0.25) is 0 Å². The third-order valence-electron chi connectivity index (χ3n) is 9.07. The van der Waals surface area contributed by atoms with Gasteiger partial charge in [-0.05, 0) is 64.5 Å². The molecular weight excluding hydrogens is 615 g/mol. The predicted octanol–water partition coefficient (Wildman–Crippen LogP) is 13.9.